The van der Waals surface area contributed by atoms with Crippen molar-refractivity contribution < 1.29 is 14.3 Å². The van der Waals surface area contributed by atoms with E-state index in [1.54, 1.807) is 14.2 Å². The topological polar surface area (TPSA) is 38.8 Å². The van der Waals surface area contributed by atoms with Crippen LogP contribution in [-0.2, 0) is 4.74 Å². The molecule has 0 N–H and O–H groups in total. The van der Waals surface area contributed by atoms with Gasteiger partial charge in [0.1, 0.15) is 11.4 Å². The van der Waals surface area contributed by atoms with E-state index < -0.39 is 11.7 Å². The molecule has 1 amide bonds. The highest BCUT2D eigenvalue weighted by atomic mass is 16.6. The summed E-state index contributed by atoms with van der Waals surface area (Å²) in [5.41, 5.74) is 1.25. The number of methoxy groups -OCH3 is 1. The van der Waals surface area contributed by atoms with Crippen molar-refractivity contribution in [3.05, 3.63) is 23.8 Å². The molecular formula is C14H21NO3. The molecule has 0 bridgehead atoms. The van der Waals surface area contributed by atoms with Gasteiger partial charge in [-0.1, -0.05) is 6.07 Å². The molecular weight excluding hydrogens is 230 g/mol. The summed E-state index contributed by atoms with van der Waals surface area (Å²) in [5.74, 6) is 0.647. The highest BCUT2D eigenvalue weighted by Crippen LogP contribution is 2.29. The van der Waals surface area contributed by atoms with Gasteiger partial charge in [0.2, 0.25) is 0 Å². The molecule has 1 aromatic rings. The maximum atomic E-state index is 12.0. The zero-order valence-corrected chi connectivity index (χ0v) is 11.9. The number of hydrogen-bond acceptors (Lipinski definition) is 3. The molecule has 0 aliphatic carbocycles. The third-order valence-corrected chi connectivity index (χ3v) is 2.36. The predicted octanol–water partition coefficient (Wildman–Crippen LogP) is 3.37. The van der Waals surface area contributed by atoms with Crippen LogP contribution in [0.5, 0.6) is 5.75 Å². The van der Waals surface area contributed by atoms with E-state index in [4.69, 9.17) is 9.47 Å². The molecule has 0 aliphatic heterocycles. The molecule has 0 atom stereocenters. The van der Waals surface area contributed by atoms with Gasteiger partial charge in [-0.05, 0) is 45.4 Å². The molecule has 4 nitrogen and oxygen atoms in total. The highest BCUT2D eigenvalue weighted by Gasteiger charge is 2.22. The van der Waals surface area contributed by atoms with Crippen LogP contribution < -0.4 is 9.64 Å². The SMILES string of the molecule is COc1ccc(C)cc1N(C)C(=O)OC(C)(C)C. The van der Waals surface area contributed by atoms with Crippen LogP contribution in [0.3, 0.4) is 0 Å². The molecule has 0 saturated heterocycles. The van der Waals surface area contributed by atoms with Gasteiger partial charge in [-0.15, -0.1) is 0 Å². The summed E-state index contributed by atoms with van der Waals surface area (Å²) >= 11 is 0. The van der Waals surface area contributed by atoms with Crippen LogP contribution in [0.4, 0.5) is 10.5 Å². The van der Waals surface area contributed by atoms with Crippen molar-refractivity contribution in [3.63, 3.8) is 0 Å². The fraction of sp³-hybridized carbons (Fsp3) is 0.500. The van der Waals surface area contributed by atoms with Crippen molar-refractivity contribution in [3.8, 4) is 5.75 Å². The van der Waals surface area contributed by atoms with Crippen molar-refractivity contribution in [1.29, 1.82) is 0 Å². The lowest BCUT2D eigenvalue weighted by Crippen LogP contribution is -2.34. The third-order valence-electron chi connectivity index (χ3n) is 2.36. The van der Waals surface area contributed by atoms with Gasteiger partial charge in [0.05, 0.1) is 12.8 Å². The molecule has 0 fully saturated rings. The first-order valence-electron chi connectivity index (χ1n) is 5.86. The lowest BCUT2D eigenvalue weighted by atomic mass is 10.2. The summed E-state index contributed by atoms with van der Waals surface area (Å²) in [6.07, 6.45) is -0.397. The quantitative estimate of drug-likeness (QED) is 0.808. The van der Waals surface area contributed by atoms with Gasteiger partial charge in [-0.25, -0.2) is 4.79 Å². The van der Waals surface area contributed by atoms with Gasteiger partial charge < -0.3 is 9.47 Å². The Hall–Kier alpha value is -1.71. The summed E-state index contributed by atoms with van der Waals surface area (Å²) in [6.45, 7) is 7.48. The number of amides is 1. The van der Waals surface area contributed by atoms with Gasteiger partial charge in [-0.3, -0.25) is 4.90 Å². The van der Waals surface area contributed by atoms with E-state index >= 15 is 0 Å². The molecule has 0 unspecified atom stereocenters. The molecule has 0 spiro atoms. The number of anilines is 1. The largest absolute Gasteiger partial charge is 0.495 e. The van der Waals surface area contributed by atoms with Crippen LogP contribution in [0, 0.1) is 6.92 Å². The fourth-order valence-electron chi connectivity index (χ4n) is 1.49. The molecule has 0 aromatic heterocycles. The maximum absolute atomic E-state index is 12.0. The Bertz CT molecular complexity index is 435. The second kappa shape index (κ2) is 5.29. The van der Waals surface area contributed by atoms with Gasteiger partial charge in [0.15, 0.2) is 0 Å². The van der Waals surface area contributed by atoms with Crippen molar-refractivity contribution in [2.24, 2.45) is 0 Å². The smallest absolute Gasteiger partial charge is 0.414 e. The second-order valence-corrected chi connectivity index (χ2v) is 5.21. The zero-order valence-electron chi connectivity index (χ0n) is 11.9. The van der Waals surface area contributed by atoms with Gasteiger partial charge in [0.25, 0.3) is 0 Å². The first-order chi connectivity index (χ1) is 8.24. The lowest BCUT2D eigenvalue weighted by Gasteiger charge is -2.25. The molecule has 4 heteroatoms. The summed E-state index contributed by atoms with van der Waals surface area (Å²) in [6, 6.07) is 5.67. The molecule has 0 radical (unpaired) electrons. The molecule has 0 heterocycles. The van der Waals surface area contributed by atoms with Gasteiger partial charge in [0, 0.05) is 7.05 Å². The van der Waals surface area contributed by atoms with Crippen molar-refractivity contribution in [2.45, 2.75) is 33.3 Å². The van der Waals surface area contributed by atoms with Crippen LogP contribution in [0.15, 0.2) is 18.2 Å². The lowest BCUT2D eigenvalue weighted by molar-refractivity contribution is 0.0588. The van der Waals surface area contributed by atoms with Crippen molar-refractivity contribution >= 4 is 11.8 Å². The number of aryl methyl sites for hydroxylation is 1. The predicted molar refractivity (Wildman–Crippen MR) is 72.4 cm³/mol. The number of benzene rings is 1. The van der Waals surface area contributed by atoms with Crippen LogP contribution in [0.2, 0.25) is 0 Å². The molecule has 1 rings (SSSR count). The first-order valence-corrected chi connectivity index (χ1v) is 5.86. The molecule has 0 saturated carbocycles. The Kier molecular flexibility index (Phi) is 4.22. The number of carbonyl (C=O) groups excluding carboxylic acids is 1. The zero-order chi connectivity index (χ0) is 13.9. The van der Waals surface area contributed by atoms with Crippen LogP contribution >= 0.6 is 0 Å². The van der Waals surface area contributed by atoms with E-state index in [0.717, 1.165) is 5.56 Å². The number of nitrogens with zero attached hydrogens (tertiary/aromatic N) is 1. The van der Waals surface area contributed by atoms with Gasteiger partial charge in [-0.2, -0.15) is 0 Å². The second-order valence-electron chi connectivity index (χ2n) is 5.21. The van der Waals surface area contributed by atoms with E-state index in [0.29, 0.717) is 11.4 Å². The van der Waals surface area contributed by atoms with Gasteiger partial charge >= 0.3 is 6.09 Å². The highest BCUT2D eigenvalue weighted by molar-refractivity contribution is 5.89. The standard InChI is InChI=1S/C14H21NO3/c1-10-7-8-12(17-6)11(9-10)15(5)13(16)18-14(2,3)4/h7-9H,1-6H3. The van der Waals surface area contributed by atoms with E-state index in [9.17, 15) is 4.79 Å². The molecule has 1 aromatic carbocycles. The normalized spacial score (nSPS) is 11.0. The number of rotatable bonds is 2. The Balaban J connectivity index is 2.99. The van der Waals surface area contributed by atoms with E-state index in [-0.39, 0.29) is 0 Å². The summed E-state index contributed by atoms with van der Waals surface area (Å²) in [4.78, 5) is 13.4. The summed E-state index contributed by atoms with van der Waals surface area (Å²) in [5, 5.41) is 0. The fourth-order valence-corrected chi connectivity index (χ4v) is 1.49. The Labute approximate surface area is 108 Å². The van der Waals surface area contributed by atoms with Crippen LogP contribution in [0.25, 0.3) is 0 Å². The minimum atomic E-state index is -0.512. The third kappa shape index (κ3) is 3.65. The van der Waals surface area contributed by atoms with Crippen LogP contribution in [-0.4, -0.2) is 25.9 Å². The average Bonchev–Trinajstić information content (AvgIpc) is 2.25. The average molecular weight is 251 g/mol. The minimum absolute atomic E-state index is 0.397. The Morgan fingerprint density at radius 1 is 1.28 bits per heavy atom. The van der Waals surface area contributed by atoms with E-state index in [2.05, 4.69) is 0 Å². The number of hydrogen-bond donors (Lipinski definition) is 0. The van der Waals surface area contributed by atoms with Crippen LogP contribution in [0.1, 0.15) is 26.3 Å². The van der Waals surface area contributed by atoms with Crippen molar-refractivity contribution in [1.82, 2.24) is 0 Å². The van der Waals surface area contributed by atoms with E-state index in [1.807, 2.05) is 45.9 Å². The monoisotopic (exact) mass is 251 g/mol. The molecule has 0 aliphatic rings. The Morgan fingerprint density at radius 3 is 2.39 bits per heavy atom. The maximum Gasteiger partial charge on any atom is 0.414 e. The Morgan fingerprint density at radius 2 is 1.89 bits per heavy atom. The minimum Gasteiger partial charge on any atom is -0.495 e. The number of carbonyl (C=O) groups is 1. The van der Waals surface area contributed by atoms with E-state index in [1.165, 1.54) is 4.90 Å². The summed E-state index contributed by atoms with van der Waals surface area (Å²) in [7, 11) is 3.25. The first kappa shape index (κ1) is 14.4. The molecule has 18 heavy (non-hydrogen) atoms. The van der Waals surface area contributed by atoms with Crippen molar-refractivity contribution in [2.75, 3.05) is 19.1 Å². The summed E-state index contributed by atoms with van der Waals surface area (Å²) < 4.78 is 10.6. The number of ether oxygens (including phenoxy) is 2. The molecule has 100 valence electrons.